The van der Waals surface area contributed by atoms with E-state index in [9.17, 15) is 0 Å². The molecule has 0 amide bonds. The second-order valence-electron chi connectivity index (χ2n) is 6.33. The fraction of sp³-hybridized carbons (Fsp3) is 1.00. The molecule has 0 radical (unpaired) electrons. The number of likely N-dealkylation sites (tertiary alicyclic amines) is 1. The summed E-state index contributed by atoms with van der Waals surface area (Å²) in [5.41, 5.74) is 0.250. The van der Waals surface area contributed by atoms with E-state index in [0.717, 1.165) is 18.4 Å². The van der Waals surface area contributed by atoms with E-state index in [0.29, 0.717) is 6.04 Å². The van der Waals surface area contributed by atoms with Crippen LogP contribution in [0.5, 0.6) is 0 Å². The van der Waals surface area contributed by atoms with Gasteiger partial charge in [-0.3, -0.25) is 0 Å². The van der Waals surface area contributed by atoms with Crippen molar-refractivity contribution < 1.29 is 4.74 Å². The van der Waals surface area contributed by atoms with Crippen LogP contribution < -0.4 is 0 Å². The third kappa shape index (κ3) is 2.43. The van der Waals surface area contributed by atoms with Crippen molar-refractivity contribution >= 4 is 0 Å². The molecule has 16 heavy (non-hydrogen) atoms. The first kappa shape index (κ1) is 12.4. The maximum absolute atomic E-state index is 6.16. The lowest BCUT2D eigenvalue weighted by molar-refractivity contribution is -0.0486. The lowest BCUT2D eigenvalue weighted by Crippen LogP contribution is -2.46. The van der Waals surface area contributed by atoms with Gasteiger partial charge in [0.1, 0.15) is 0 Å². The molecule has 0 aromatic heterocycles. The van der Waals surface area contributed by atoms with E-state index in [-0.39, 0.29) is 5.60 Å². The molecule has 2 fully saturated rings. The normalized spacial score (nSPS) is 30.8. The zero-order chi connectivity index (χ0) is 11.8. The summed E-state index contributed by atoms with van der Waals surface area (Å²) in [5, 5.41) is 0. The summed E-state index contributed by atoms with van der Waals surface area (Å²) in [5.74, 6) is 1.58. The molecule has 0 aliphatic carbocycles. The zero-order valence-corrected chi connectivity index (χ0v) is 11.3. The van der Waals surface area contributed by atoms with Gasteiger partial charge in [-0.2, -0.15) is 0 Å². The Morgan fingerprint density at radius 2 is 1.75 bits per heavy atom. The van der Waals surface area contributed by atoms with Crippen LogP contribution in [0.2, 0.25) is 0 Å². The lowest BCUT2D eigenvalue weighted by Gasteiger charge is -2.40. The molecule has 0 saturated carbocycles. The number of piperidine rings is 1. The van der Waals surface area contributed by atoms with E-state index in [1.165, 1.54) is 32.4 Å². The van der Waals surface area contributed by atoms with Crippen molar-refractivity contribution in [3.63, 3.8) is 0 Å². The van der Waals surface area contributed by atoms with Crippen LogP contribution in [-0.4, -0.2) is 36.2 Å². The number of hydrogen-bond acceptors (Lipinski definition) is 2. The van der Waals surface area contributed by atoms with Gasteiger partial charge < -0.3 is 9.64 Å². The molecule has 2 aliphatic heterocycles. The lowest BCUT2D eigenvalue weighted by atomic mass is 9.82. The van der Waals surface area contributed by atoms with Crippen molar-refractivity contribution in [3.05, 3.63) is 0 Å². The number of nitrogens with zero attached hydrogens (tertiary/aromatic N) is 1. The second kappa shape index (κ2) is 4.66. The Balaban J connectivity index is 1.89. The van der Waals surface area contributed by atoms with Crippen LogP contribution in [0.4, 0.5) is 0 Å². The molecule has 0 bridgehead atoms. The maximum Gasteiger partial charge on any atom is 0.0710 e. The molecule has 2 rings (SSSR count). The van der Waals surface area contributed by atoms with Crippen molar-refractivity contribution in [2.24, 2.45) is 11.8 Å². The van der Waals surface area contributed by atoms with Crippen molar-refractivity contribution in [3.8, 4) is 0 Å². The summed E-state index contributed by atoms with van der Waals surface area (Å²) in [6, 6.07) is 0.694. The summed E-state index contributed by atoms with van der Waals surface area (Å²) in [6.07, 6.45) is 3.79. The summed E-state index contributed by atoms with van der Waals surface area (Å²) in [7, 11) is 0. The monoisotopic (exact) mass is 225 g/mol. The van der Waals surface area contributed by atoms with Crippen LogP contribution in [0, 0.1) is 11.8 Å². The first-order valence-electron chi connectivity index (χ1n) is 6.90. The molecule has 0 N–H and O–H groups in total. The molecule has 0 aromatic rings. The van der Waals surface area contributed by atoms with E-state index in [2.05, 4.69) is 32.6 Å². The number of rotatable bonds is 2. The predicted molar refractivity (Wildman–Crippen MR) is 67.6 cm³/mol. The van der Waals surface area contributed by atoms with E-state index < -0.39 is 0 Å². The largest absolute Gasteiger partial charge is 0.375 e. The summed E-state index contributed by atoms with van der Waals surface area (Å²) in [4.78, 5) is 2.58. The van der Waals surface area contributed by atoms with Gasteiger partial charge in [-0.15, -0.1) is 0 Å². The Hall–Kier alpha value is -0.0800. The highest BCUT2D eigenvalue weighted by Crippen LogP contribution is 2.41. The van der Waals surface area contributed by atoms with Gasteiger partial charge in [-0.1, -0.05) is 13.8 Å². The molecule has 94 valence electrons. The van der Waals surface area contributed by atoms with Crippen molar-refractivity contribution in [2.75, 3.05) is 19.7 Å². The van der Waals surface area contributed by atoms with Gasteiger partial charge in [0.25, 0.3) is 0 Å². The molecular formula is C14H27NO. The minimum absolute atomic E-state index is 0.250. The molecular weight excluding hydrogens is 198 g/mol. The van der Waals surface area contributed by atoms with Crippen LogP contribution in [0.25, 0.3) is 0 Å². The molecule has 0 aromatic carbocycles. The Labute approximate surface area is 100 Å². The smallest absolute Gasteiger partial charge is 0.0710 e. The summed E-state index contributed by atoms with van der Waals surface area (Å²) >= 11 is 0. The van der Waals surface area contributed by atoms with Crippen LogP contribution in [0.1, 0.15) is 47.0 Å². The number of hydrogen-bond donors (Lipinski definition) is 0. The molecule has 2 heterocycles. The predicted octanol–water partition coefficient (Wildman–Crippen LogP) is 2.92. The fourth-order valence-corrected chi connectivity index (χ4v) is 3.10. The zero-order valence-electron chi connectivity index (χ0n) is 11.3. The topological polar surface area (TPSA) is 12.5 Å². The molecule has 2 nitrogen and oxygen atoms in total. The van der Waals surface area contributed by atoms with Crippen molar-refractivity contribution in [2.45, 2.75) is 58.6 Å². The Morgan fingerprint density at radius 1 is 1.12 bits per heavy atom. The van der Waals surface area contributed by atoms with Crippen molar-refractivity contribution in [1.82, 2.24) is 4.90 Å². The third-order valence-corrected chi connectivity index (χ3v) is 4.62. The highest BCUT2D eigenvalue weighted by molar-refractivity contribution is 4.94. The van der Waals surface area contributed by atoms with Crippen LogP contribution in [0.15, 0.2) is 0 Å². The molecule has 1 spiro atoms. The van der Waals surface area contributed by atoms with Gasteiger partial charge in [0.2, 0.25) is 0 Å². The Bertz CT molecular complexity index is 229. The van der Waals surface area contributed by atoms with Gasteiger partial charge >= 0.3 is 0 Å². The third-order valence-electron chi connectivity index (χ3n) is 4.62. The molecule has 2 heteroatoms. The van der Waals surface area contributed by atoms with E-state index in [4.69, 9.17) is 4.74 Å². The van der Waals surface area contributed by atoms with Crippen LogP contribution in [0.3, 0.4) is 0 Å². The van der Waals surface area contributed by atoms with Crippen LogP contribution >= 0.6 is 0 Å². The van der Waals surface area contributed by atoms with Gasteiger partial charge in [0.15, 0.2) is 0 Å². The second-order valence-corrected chi connectivity index (χ2v) is 6.33. The Morgan fingerprint density at radius 3 is 2.19 bits per heavy atom. The Kier molecular flexibility index (Phi) is 3.60. The van der Waals surface area contributed by atoms with E-state index in [1.807, 2.05) is 0 Å². The summed E-state index contributed by atoms with van der Waals surface area (Å²) < 4.78 is 6.16. The average molecular weight is 225 g/mol. The van der Waals surface area contributed by atoms with Gasteiger partial charge in [-0.25, -0.2) is 0 Å². The fourth-order valence-electron chi connectivity index (χ4n) is 3.10. The standard InChI is InChI=1S/C14H27NO/c1-11(2)13-9-14(16-10-13)5-7-15(8-6-14)12(3)4/h11-13H,5-10H2,1-4H3/t13-/m1/s1. The van der Waals surface area contributed by atoms with Crippen LogP contribution in [-0.2, 0) is 4.74 Å². The van der Waals surface area contributed by atoms with Gasteiger partial charge in [-0.05, 0) is 44.9 Å². The minimum atomic E-state index is 0.250. The SMILES string of the molecule is CC(C)[C@H]1COC2(CCN(C(C)C)CC2)C1. The molecule has 2 aliphatic rings. The van der Waals surface area contributed by atoms with E-state index >= 15 is 0 Å². The average Bonchev–Trinajstić information content (AvgIpc) is 2.63. The first-order chi connectivity index (χ1) is 7.52. The molecule has 2 saturated heterocycles. The van der Waals surface area contributed by atoms with E-state index in [1.54, 1.807) is 0 Å². The maximum atomic E-state index is 6.16. The molecule has 1 atom stereocenters. The van der Waals surface area contributed by atoms with Gasteiger partial charge in [0, 0.05) is 19.1 Å². The summed E-state index contributed by atoms with van der Waals surface area (Å²) in [6.45, 7) is 12.7. The highest BCUT2D eigenvalue weighted by atomic mass is 16.5. The van der Waals surface area contributed by atoms with Gasteiger partial charge in [0.05, 0.1) is 12.2 Å². The molecule has 0 unspecified atom stereocenters. The minimum Gasteiger partial charge on any atom is -0.375 e. The van der Waals surface area contributed by atoms with Crippen molar-refractivity contribution in [1.29, 1.82) is 0 Å². The first-order valence-corrected chi connectivity index (χ1v) is 6.90. The quantitative estimate of drug-likeness (QED) is 0.716. The highest BCUT2D eigenvalue weighted by Gasteiger charge is 2.43. The number of ether oxygens (including phenoxy) is 1.